The van der Waals surface area contributed by atoms with Gasteiger partial charge < -0.3 is 9.09 Å². The van der Waals surface area contributed by atoms with E-state index in [2.05, 4.69) is 37.2 Å². The molecule has 4 heterocycles. The van der Waals surface area contributed by atoms with Gasteiger partial charge in [-0.2, -0.15) is 4.98 Å². The molecule has 4 aromatic rings. The third-order valence-electron chi connectivity index (χ3n) is 3.87. The molecule has 4 rings (SSSR count). The van der Waals surface area contributed by atoms with Gasteiger partial charge in [-0.15, -0.1) is 10.2 Å². The van der Waals surface area contributed by atoms with Crippen LogP contribution >= 0.6 is 11.8 Å². The Balaban J connectivity index is 1.51. The van der Waals surface area contributed by atoms with Gasteiger partial charge in [-0.25, -0.2) is 0 Å². The van der Waals surface area contributed by atoms with E-state index in [1.54, 1.807) is 12.4 Å². The zero-order chi connectivity index (χ0) is 18.6. The molecule has 0 unspecified atom stereocenters. The summed E-state index contributed by atoms with van der Waals surface area (Å²) < 4.78 is 7.40. The van der Waals surface area contributed by atoms with Gasteiger partial charge in [0.1, 0.15) is 5.69 Å². The maximum atomic E-state index is 5.37. The SMILES string of the molecule is CCn1c(SCc2noc(-c3ccnc(C)c3)n2)nnc1-c1ccccn1. The van der Waals surface area contributed by atoms with E-state index in [0.29, 0.717) is 17.5 Å². The number of aromatic nitrogens is 7. The van der Waals surface area contributed by atoms with Gasteiger partial charge in [0.05, 0.1) is 5.75 Å². The van der Waals surface area contributed by atoms with Crippen molar-refractivity contribution in [3.63, 3.8) is 0 Å². The number of rotatable bonds is 6. The molecule has 0 radical (unpaired) electrons. The Morgan fingerprint density at radius 1 is 1.11 bits per heavy atom. The molecule has 0 aliphatic heterocycles. The van der Waals surface area contributed by atoms with Crippen molar-refractivity contribution >= 4 is 11.8 Å². The van der Waals surface area contributed by atoms with E-state index in [1.807, 2.05) is 41.8 Å². The molecule has 4 aromatic heterocycles. The van der Waals surface area contributed by atoms with Crippen molar-refractivity contribution in [3.05, 3.63) is 54.2 Å². The number of pyridine rings is 2. The van der Waals surface area contributed by atoms with Crippen LogP contribution in [-0.2, 0) is 12.3 Å². The number of thioether (sulfide) groups is 1. The van der Waals surface area contributed by atoms with Crippen molar-refractivity contribution in [2.24, 2.45) is 0 Å². The summed E-state index contributed by atoms with van der Waals surface area (Å²) >= 11 is 1.52. The Labute approximate surface area is 160 Å². The molecule has 0 bridgehead atoms. The van der Waals surface area contributed by atoms with Gasteiger partial charge in [0.25, 0.3) is 5.89 Å². The molecule has 0 saturated heterocycles. The summed E-state index contributed by atoms with van der Waals surface area (Å²) in [5.74, 6) is 2.38. The lowest BCUT2D eigenvalue weighted by molar-refractivity contribution is 0.425. The first-order chi connectivity index (χ1) is 13.2. The first-order valence-electron chi connectivity index (χ1n) is 8.47. The van der Waals surface area contributed by atoms with Crippen LogP contribution in [0.2, 0.25) is 0 Å². The number of nitrogens with zero attached hydrogens (tertiary/aromatic N) is 7. The lowest BCUT2D eigenvalue weighted by Crippen LogP contribution is -2.01. The molecule has 27 heavy (non-hydrogen) atoms. The highest BCUT2D eigenvalue weighted by molar-refractivity contribution is 7.98. The van der Waals surface area contributed by atoms with Crippen LogP contribution in [0, 0.1) is 6.92 Å². The normalized spacial score (nSPS) is 11.0. The maximum Gasteiger partial charge on any atom is 0.258 e. The molecule has 9 heteroatoms. The predicted octanol–water partition coefficient (Wildman–Crippen LogP) is 3.41. The molecular formula is C18H17N7OS. The Morgan fingerprint density at radius 3 is 2.81 bits per heavy atom. The summed E-state index contributed by atoms with van der Waals surface area (Å²) in [5, 5.41) is 13.4. The molecule has 0 aliphatic rings. The second-order valence-electron chi connectivity index (χ2n) is 5.76. The van der Waals surface area contributed by atoms with Crippen LogP contribution < -0.4 is 0 Å². The molecule has 0 aliphatic carbocycles. The maximum absolute atomic E-state index is 5.37. The molecule has 0 N–H and O–H groups in total. The van der Waals surface area contributed by atoms with E-state index in [-0.39, 0.29) is 0 Å². The molecule has 0 spiro atoms. The monoisotopic (exact) mass is 379 g/mol. The molecule has 0 saturated carbocycles. The van der Waals surface area contributed by atoms with Crippen LogP contribution in [0.5, 0.6) is 0 Å². The minimum absolute atomic E-state index is 0.488. The highest BCUT2D eigenvalue weighted by Crippen LogP contribution is 2.25. The standard InChI is InChI=1S/C18H17N7OS/c1-3-25-16(14-6-4-5-8-20-14)22-23-18(25)27-11-15-21-17(26-24-15)13-7-9-19-12(2)10-13/h4-10H,3,11H2,1-2H3. The minimum Gasteiger partial charge on any atom is -0.334 e. The first-order valence-corrected chi connectivity index (χ1v) is 9.46. The third-order valence-corrected chi connectivity index (χ3v) is 4.83. The summed E-state index contributed by atoms with van der Waals surface area (Å²) in [4.78, 5) is 13.0. The summed E-state index contributed by atoms with van der Waals surface area (Å²) in [6, 6.07) is 9.50. The highest BCUT2D eigenvalue weighted by Gasteiger charge is 2.16. The number of aryl methyl sites for hydroxylation is 1. The average Bonchev–Trinajstić information content (AvgIpc) is 3.34. The Hall–Kier alpha value is -3.07. The summed E-state index contributed by atoms with van der Waals surface area (Å²) in [6.45, 7) is 4.72. The molecular weight excluding hydrogens is 362 g/mol. The van der Waals surface area contributed by atoms with E-state index in [0.717, 1.165) is 34.5 Å². The fourth-order valence-corrected chi connectivity index (χ4v) is 3.45. The zero-order valence-corrected chi connectivity index (χ0v) is 15.7. The van der Waals surface area contributed by atoms with Gasteiger partial charge in [0.2, 0.25) is 0 Å². The van der Waals surface area contributed by atoms with Crippen molar-refractivity contribution in [2.75, 3.05) is 0 Å². The molecule has 0 aromatic carbocycles. The largest absolute Gasteiger partial charge is 0.334 e. The topological polar surface area (TPSA) is 95.4 Å². The summed E-state index contributed by atoms with van der Waals surface area (Å²) in [7, 11) is 0. The van der Waals surface area contributed by atoms with Crippen molar-refractivity contribution in [3.8, 4) is 23.0 Å². The van der Waals surface area contributed by atoms with Gasteiger partial charge >= 0.3 is 0 Å². The summed E-state index contributed by atoms with van der Waals surface area (Å²) in [6.07, 6.45) is 3.48. The van der Waals surface area contributed by atoms with Crippen LogP contribution in [-0.4, -0.2) is 34.9 Å². The average molecular weight is 379 g/mol. The molecule has 0 amide bonds. The highest BCUT2D eigenvalue weighted by atomic mass is 32.2. The molecule has 0 atom stereocenters. The van der Waals surface area contributed by atoms with Gasteiger partial charge in [0, 0.05) is 30.2 Å². The van der Waals surface area contributed by atoms with E-state index >= 15 is 0 Å². The minimum atomic E-state index is 0.488. The number of hydrogen-bond acceptors (Lipinski definition) is 8. The van der Waals surface area contributed by atoms with Crippen LogP contribution in [0.15, 0.2) is 52.4 Å². The van der Waals surface area contributed by atoms with Gasteiger partial charge in [0.15, 0.2) is 16.8 Å². The molecule has 0 fully saturated rings. The van der Waals surface area contributed by atoms with Crippen LogP contribution in [0.4, 0.5) is 0 Å². The fraction of sp³-hybridized carbons (Fsp3) is 0.222. The van der Waals surface area contributed by atoms with Crippen molar-refractivity contribution in [1.82, 2.24) is 34.9 Å². The lowest BCUT2D eigenvalue weighted by atomic mass is 10.2. The zero-order valence-electron chi connectivity index (χ0n) is 14.9. The predicted molar refractivity (Wildman–Crippen MR) is 101 cm³/mol. The fourth-order valence-electron chi connectivity index (χ4n) is 2.60. The van der Waals surface area contributed by atoms with E-state index in [4.69, 9.17) is 4.52 Å². The molecule has 8 nitrogen and oxygen atoms in total. The first kappa shape index (κ1) is 17.3. The van der Waals surface area contributed by atoms with Crippen LogP contribution in [0.25, 0.3) is 23.0 Å². The van der Waals surface area contributed by atoms with Gasteiger partial charge in [-0.3, -0.25) is 9.97 Å². The molecule has 136 valence electrons. The second kappa shape index (κ2) is 7.67. The van der Waals surface area contributed by atoms with Crippen LogP contribution in [0.1, 0.15) is 18.4 Å². The Bertz CT molecular complexity index is 1040. The quantitative estimate of drug-likeness (QED) is 0.470. The summed E-state index contributed by atoms with van der Waals surface area (Å²) in [5.41, 5.74) is 2.56. The second-order valence-corrected chi connectivity index (χ2v) is 6.70. The Kier molecular flexibility index (Phi) is 4.93. The van der Waals surface area contributed by atoms with E-state index in [1.165, 1.54) is 11.8 Å². The van der Waals surface area contributed by atoms with Crippen molar-refractivity contribution in [1.29, 1.82) is 0 Å². The Morgan fingerprint density at radius 2 is 2.04 bits per heavy atom. The van der Waals surface area contributed by atoms with Crippen molar-refractivity contribution in [2.45, 2.75) is 31.3 Å². The van der Waals surface area contributed by atoms with Crippen LogP contribution in [0.3, 0.4) is 0 Å². The van der Waals surface area contributed by atoms with Gasteiger partial charge in [-0.1, -0.05) is 23.0 Å². The lowest BCUT2D eigenvalue weighted by Gasteiger charge is -2.05. The number of hydrogen-bond donors (Lipinski definition) is 0. The van der Waals surface area contributed by atoms with Crippen molar-refractivity contribution < 1.29 is 4.52 Å². The smallest absolute Gasteiger partial charge is 0.258 e. The third kappa shape index (κ3) is 3.72. The van der Waals surface area contributed by atoms with Gasteiger partial charge in [-0.05, 0) is 38.1 Å². The van der Waals surface area contributed by atoms with E-state index < -0.39 is 0 Å². The van der Waals surface area contributed by atoms with E-state index in [9.17, 15) is 0 Å².